The predicted molar refractivity (Wildman–Crippen MR) is 133 cm³/mol. The molecule has 1 aliphatic rings. The Balaban J connectivity index is 1.36. The Morgan fingerprint density at radius 2 is 1.54 bits per heavy atom. The van der Waals surface area contributed by atoms with Crippen molar-refractivity contribution in [2.75, 3.05) is 6.79 Å². The van der Waals surface area contributed by atoms with Crippen LogP contribution >= 0.6 is 0 Å². The molecule has 1 amide bonds. The lowest BCUT2D eigenvalue weighted by atomic mass is 10.1. The van der Waals surface area contributed by atoms with E-state index in [1.165, 1.54) is 0 Å². The molecule has 0 radical (unpaired) electrons. The molecule has 1 heterocycles. The second kappa shape index (κ2) is 9.77. The van der Waals surface area contributed by atoms with Crippen LogP contribution in [0.1, 0.15) is 11.1 Å². The Kier molecular flexibility index (Phi) is 6.39. The van der Waals surface area contributed by atoms with Crippen LogP contribution in [0, 0.1) is 0 Å². The molecule has 5 rings (SSSR count). The second-order valence-corrected chi connectivity index (χ2v) is 9.99. The van der Waals surface area contributed by atoms with Gasteiger partial charge in [0, 0.05) is 6.54 Å². The molecular weight excluding hydrogens is 464 g/mol. The molecule has 0 aliphatic carbocycles. The second-order valence-electron chi connectivity index (χ2n) is 8.28. The minimum Gasteiger partial charge on any atom is -0.454 e. The predicted octanol–water partition coefficient (Wildman–Crippen LogP) is 3.77. The van der Waals surface area contributed by atoms with Crippen molar-refractivity contribution in [3.63, 3.8) is 0 Å². The minimum absolute atomic E-state index is 0.109. The van der Waals surface area contributed by atoms with E-state index >= 15 is 0 Å². The van der Waals surface area contributed by atoms with Gasteiger partial charge in [-0.25, -0.2) is 8.42 Å². The van der Waals surface area contributed by atoms with Crippen LogP contribution in [0.5, 0.6) is 11.5 Å². The van der Waals surface area contributed by atoms with Crippen molar-refractivity contribution in [1.82, 2.24) is 10.0 Å². The number of fused-ring (bicyclic) bond motifs is 2. The SMILES string of the molecule is O=C(NCc1ccc2c(c1)OCO2)C(Cc1ccccc1)NS(=O)(=O)c1ccc2ccccc2c1. The average Bonchev–Trinajstić information content (AvgIpc) is 3.35. The first-order valence-electron chi connectivity index (χ1n) is 11.2. The third-order valence-corrected chi connectivity index (χ3v) is 7.30. The van der Waals surface area contributed by atoms with Crippen LogP contribution in [-0.4, -0.2) is 27.2 Å². The van der Waals surface area contributed by atoms with Gasteiger partial charge < -0.3 is 14.8 Å². The number of rotatable bonds is 8. The molecule has 0 saturated heterocycles. The lowest BCUT2D eigenvalue weighted by Crippen LogP contribution is -2.47. The molecule has 4 aromatic carbocycles. The Morgan fingerprint density at radius 1 is 0.800 bits per heavy atom. The molecule has 2 N–H and O–H groups in total. The molecular formula is C27H24N2O5S. The van der Waals surface area contributed by atoms with E-state index in [-0.39, 0.29) is 24.7 Å². The Labute approximate surface area is 203 Å². The van der Waals surface area contributed by atoms with Gasteiger partial charge >= 0.3 is 0 Å². The van der Waals surface area contributed by atoms with Gasteiger partial charge in [-0.1, -0.05) is 66.7 Å². The number of benzene rings is 4. The van der Waals surface area contributed by atoms with E-state index in [0.717, 1.165) is 21.9 Å². The van der Waals surface area contributed by atoms with Gasteiger partial charge in [-0.15, -0.1) is 0 Å². The van der Waals surface area contributed by atoms with E-state index < -0.39 is 22.0 Å². The van der Waals surface area contributed by atoms with Crippen LogP contribution in [-0.2, 0) is 27.8 Å². The molecule has 8 heteroatoms. The summed E-state index contributed by atoms with van der Waals surface area (Å²) >= 11 is 0. The Morgan fingerprint density at radius 3 is 2.37 bits per heavy atom. The summed E-state index contributed by atoms with van der Waals surface area (Å²) in [6.45, 7) is 0.388. The molecule has 0 fully saturated rings. The van der Waals surface area contributed by atoms with Crippen LogP contribution < -0.4 is 19.5 Å². The summed E-state index contributed by atoms with van der Waals surface area (Å²) in [5, 5.41) is 4.60. The highest BCUT2D eigenvalue weighted by Crippen LogP contribution is 2.32. The fourth-order valence-electron chi connectivity index (χ4n) is 3.99. The van der Waals surface area contributed by atoms with Gasteiger partial charge in [0.05, 0.1) is 4.90 Å². The zero-order valence-corrected chi connectivity index (χ0v) is 19.6. The Bertz CT molecular complexity index is 1470. The minimum atomic E-state index is -3.95. The first-order valence-corrected chi connectivity index (χ1v) is 12.7. The maximum atomic E-state index is 13.3. The molecule has 1 unspecified atom stereocenters. The van der Waals surface area contributed by atoms with Gasteiger partial charge in [-0.05, 0) is 52.6 Å². The number of hydrogen-bond acceptors (Lipinski definition) is 5. The van der Waals surface area contributed by atoms with E-state index in [0.29, 0.717) is 11.5 Å². The van der Waals surface area contributed by atoms with Gasteiger partial charge in [0.2, 0.25) is 22.7 Å². The molecule has 1 atom stereocenters. The number of amides is 1. The zero-order valence-electron chi connectivity index (χ0n) is 18.8. The van der Waals surface area contributed by atoms with E-state index in [1.54, 1.807) is 30.3 Å². The van der Waals surface area contributed by atoms with Gasteiger partial charge in [0.15, 0.2) is 11.5 Å². The molecule has 0 spiro atoms. The van der Waals surface area contributed by atoms with E-state index in [4.69, 9.17) is 9.47 Å². The number of nitrogens with one attached hydrogen (secondary N) is 2. The standard InChI is InChI=1S/C27H24N2O5S/c30-27(28-17-20-10-13-25-26(15-20)34-18-33-25)24(14-19-6-2-1-3-7-19)29-35(31,32)23-12-11-21-8-4-5-9-22(21)16-23/h1-13,15-16,24,29H,14,17-18H2,(H,28,30). The fourth-order valence-corrected chi connectivity index (χ4v) is 5.22. The van der Waals surface area contributed by atoms with Crippen molar-refractivity contribution in [1.29, 1.82) is 0 Å². The summed E-state index contributed by atoms with van der Waals surface area (Å²) in [6, 6.07) is 26.2. The average molecular weight is 489 g/mol. The Hall–Kier alpha value is -3.88. The molecule has 178 valence electrons. The van der Waals surface area contributed by atoms with Crippen molar-refractivity contribution < 1.29 is 22.7 Å². The van der Waals surface area contributed by atoms with E-state index in [1.807, 2.05) is 60.7 Å². The lowest BCUT2D eigenvalue weighted by Gasteiger charge is -2.19. The fraction of sp³-hybridized carbons (Fsp3) is 0.148. The van der Waals surface area contributed by atoms with Crippen molar-refractivity contribution in [3.8, 4) is 11.5 Å². The highest BCUT2D eigenvalue weighted by Gasteiger charge is 2.26. The van der Waals surface area contributed by atoms with Crippen molar-refractivity contribution in [2.45, 2.75) is 23.9 Å². The first kappa shape index (κ1) is 22.9. The van der Waals surface area contributed by atoms with E-state index in [9.17, 15) is 13.2 Å². The third kappa shape index (κ3) is 5.29. The highest BCUT2D eigenvalue weighted by molar-refractivity contribution is 7.89. The zero-order chi connectivity index (χ0) is 24.3. The van der Waals surface area contributed by atoms with Gasteiger partial charge in [-0.2, -0.15) is 4.72 Å². The molecule has 35 heavy (non-hydrogen) atoms. The third-order valence-electron chi connectivity index (χ3n) is 5.83. The van der Waals surface area contributed by atoms with Crippen molar-refractivity contribution >= 4 is 26.7 Å². The lowest BCUT2D eigenvalue weighted by molar-refractivity contribution is -0.122. The summed E-state index contributed by atoms with van der Waals surface area (Å²) in [5.41, 5.74) is 1.66. The number of carbonyl (C=O) groups excluding carboxylic acids is 1. The summed E-state index contributed by atoms with van der Waals surface area (Å²) in [5.74, 6) is 0.857. The monoisotopic (exact) mass is 488 g/mol. The first-order chi connectivity index (χ1) is 17.0. The number of hydrogen-bond donors (Lipinski definition) is 2. The molecule has 0 bridgehead atoms. The normalized spacial score (nSPS) is 13.5. The number of ether oxygens (including phenoxy) is 2. The van der Waals surface area contributed by atoms with Crippen LogP contribution in [0.2, 0.25) is 0 Å². The van der Waals surface area contributed by atoms with Gasteiger partial charge in [0.25, 0.3) is 0 Å². The van der Waals surface area contributed by atoms with E-state index in [2.05, 4.69) is 10.0 Å². The van der Waals surface area contributed by atoms with Gasteiger partial charge in [-0.3, -0.25) is 4.79 Å². The number of sulfonamides is 1. The molecule has 4 aromatic rings. The van der Waals surface area contributed by atoms with Gasteiger partial charge in [0.1, 0.15) is 6.04 Å². The van der Waals surface area contributed by atoms with Crippen LogP contribution in [0.4, 0.5) is 0 Å². The topological polar surface area (TPSA) is 93.7 Å². The summed E-state index contributed by atoms with van der Waals surface area (Å²) in [7, 11) is -3.95. The maximum absolute atomic E-state index is 13.3. The molecule has 0 aromatic heterocycles. The summed E-state index contributed by atoms with van der Waals surface area (Å²) in [6.07, 6.45) is 0.209. The summed E-state index contributed by atoms with van der Waals surface area (Å²) in [4.78, 5) is 13.3. The van der Waals surface area contributed by atoms with Crippen LogP contribution in [0.3, 0.4) is 0 Å². The van der Waals surface area contributed by atoms with Crippen molar-refractivity contribution in [2.24, 2.45) is 0 Å². The molecule has 1 aliphatic heterocycles. The molecule has 0 saturated carbocycles. The smallest absolute Gasteiger partial charge is 0.241 e. The van der Waals surface area contributed by atoms with Crippen LogP contribution in [0.25, 0.3) is 10.8 Å². The quantitative estimate of drug-likeness (QED) is 0.394. The highest BCUT2D eigenvalue weighted by atomic mass is 32.2. The molecule has 7 nitrogen and oxygen atoms in total. The van der Waals surface area contributed by atoms with Crippen LogP contribution in [0.15, 0.2) is 95.9 Å². The maximum Gasteiger partial charge on any atom is 0.241 e. The van der Waals surface area contributed by atoms with Crippen molar-refractivity contribution in [3.05, 3.63) is 102 Å². The largest absolute Gasteiger partial charge is 0.454 e. The number of carbonyl (C=O) groups is 1. The summed E-state index contributed by atoms with van der Waals surface area (Å²) < 4.78 is 39.9.